The summed E-state index contributed by atoms with van der Waals surface area (Å²) in [4.78, 5) is 31.8. The summed E-state index contributed by atoms with van der Waals surface area (Å²) in [6, 6.07) is 6.20. The van der Waals surface area contributed by atoms with Gasteiger partial charge in [-0.1, -0.05) is 6.07 Å². The van der Waals surface area contributed by atoms with E-state index in [9.17, 15) is 4.79 Å². The number of imidazole rings is 1. The number of hydrogen-bond acceptors (Lipinski definition) is 5. The smallest absolute Gasteiger partial charge is 0.271 e. The number of nitrogens with zero attached hydrogens (tertiary/aromatic N) is 6. The van der Waals surface area contributed by atoms with Crippen molar-refractivity contribution in [1.82, 2.24) is 29.2 Å². The van der Waals surface area contributed by atoms with Crippen LogP contribution in [0.15, 0.2) is 49.2 Å². The number of aromatic nitrogens is 5. The van der Waals surface area contributed by atoms with Crippen molar-refractivity contribution < 1.29 is 4.79 Å². The van der Waals surface area contributed by atoms with Crippen LogP contribution in [0, 0.1) is 13.8 Å². The lowest BCUT2D eigenvalue weighted by Crippen LogP contribution is -2.23. The van der Waals surface area contributed by atoms with Crippen LogP contribution in [0.2, 0.25) is 0 Å². The molecule has 0 unspecified atom stereocenters. The molecule has 1 amide bonds. The summed E-state index contributed by atoms with van der Waals surface area (Å²) in [6.45, 7) is 4.06. The molecule has 0 atom stereocenters. The Morgan fingerprint density at radius 3 is 2.57 bits per heavy atom. The number of carbonyl (C=O) groups is 1. The summed E-state index contributed by atoms with van der Waals surface area (Å²) in [5, 5.41) is 0. The van der Waals surface area contributed by atoms with E-state index in [2.05, 4.69) is 27.9 Å². The minimum atomic E-state index is -0.0820. The molecule has 0 saturated carbocycles. The van der Waals surface area contributed by atoms with E-state index in [1.807, 2.05) is 35.9 Å². The minimum absolute atomic E-state index is 0.0820. The van der Waals surface area contributed by atoms with Gasteiger partial charge in [0.2, 0.25) is 0 Å². The zero-order valence-corrected chi connectivity index (χ0v) is 17.6. The maximum Gasteiger partial charge on any atom is 0.271 e. The van der Waals surface area contributed by atoms with Crippen LogP contribution in [0.1, 0.15) is 33.0 Å². The molecule has 4 aromatic heterocycles. The Kier molecular flexibility index (Phi) is 5.27. The van der Waals surface area contributed by atoms with E-state index in [-0.39, 0.29) is 5.91 Å². The van der Waals surface area contributed by atoms with E-state index in [4.69, 9.17) is 4.98 Å². The van der Waals surface area contributed by atoms with Crippen LogP contribution in [0.5, 0.6) is 0 Å². The summed E-state index contributed by atoms with van der Waals surface area (Å²) in [5.41, 5.74) is 7.42. The van der Waals surface area contributed by atoms with Gasteiger partial charge in [-0.05, 0) is 49.9 Å². The van der Waals surface area contributed by atoms with Crippen LogP contribution < -0.4 is 0 Å². The van der Waals surface area contributed by atoms with Gasteiger partial charge in [0.1, 0.15) is 5.69 Å². The molecule has 0 fully saturated rings. The first-order valence-electron chi connectivity index (χ1n) is 9.85. The second-order valence-corrected chi connectivity index (χ2v) is 7.61. The molecule has 7 nitrogen and oxygen atoms in total. The first-order valence-corrected chi connectivity index (χ1v) is 9.85. The van der Waals surface area contributed by atoms with Gasteiger partial charge in [0, 0.05) is 50.1 Å². The number of carbonyl (C=O) groups excluding carboxylic acids is 1. The van der Waals surface area contributed by atoms with E-state index >= 15 is 0 Å². The first kappa shape index (κ1) is 19.7. The Hall–Kier alpha value is -3.61. The van der Waals surface area contributed by atoms with Crippen LogP contribution in [-0.2, 0) is 12.8 Å². The molecule has 0 N–H and O–H groups in total. The number of fused-ring (bicyclic) bond motifs is 1. The third-order valence-corrected chi connectivity index (χ3v) is 5.08. The normalized spacial score (nSPS) is 11.1. The number of pyridine rings is 2. The molecule has 4 rings (SSSR count). The molecule has 4 aromatic rings. The SMILES string of the molecule is Cc1cc(-c2ncc(CCc3nccn4c(C(=O)N(C)C)cnc34)cc2C)ccn1. The Morgan fingerprint density at radius 2 is 1.83 bits per heavy atom. The van der Waals surface area contributed by atoms with Crippen molar-refractivity contribution in [2.24, 2.45) is 0 Å². The Bertz CT molecular complexity index is 1230. The predicted octanol–water partition coefficient (Wildman–Crippen LogP) is 3.29. The van der Waals surface area contributed by atoms with Crippen LogP contribution in [-0.4, -0.2) is 49.2 Å². The van der Waals surface area contributed by atoms with Gasteiger partial charge in [-0.3, -0.25) is 24.1 Å². The Labute approximate surface area is 175 Å². The van der Waals surface area contributed by atoms with Gasteiger partial charge in [-0.25, -0.2) is 4.98 Å². The van der Waals surface area contributed by atoms with Gasteiger partial charge in [0.25, 0.3) is 5.91 Å². The number of aryl methyl sites for hydroxylation is 4. The number of amides is 1. The Morgan fingerprint density at radius 1 is 1.00 bits per heavy atom. The molecule has 0 aromatic carbocycles. The molecule has 7 heteroatoms. The fourth-order valence-electron chi connectivity index (χ4n) is 3.56. The summed E-state index contributed by atoms with van der Waals surface area (Å²) >= 11 is 0. The molecule has 0 aliphatic rings. The highest BCUT2D eigenvalue weighted by Gasteiger charge is 2.16. The first-order chi connectivity index (χ1) is 14.4. The lowest BCUT2D eigenvalue weighted by atomic mass is 10.0. The fourth-order valence-corrected chi connectivity index (χ4v) is 3.56. The molecular formula is C23H24N6O. The molecule has 0 bridgehead atoms. The van der Waals surface area contributed by atoms with Gasteiger partial charge in [0.15, 0.2) is 5.65 Å². The monoisotopic (exact) mass is 400 g/mol. The maximum atomic E-state index is 12.4. The molecule has 0 radical (unpaired) electrons. The van der Waals surface area contributed by atoms with Crippen molar-refractivity contribution in [3.8, 4) is 11.3 Å². The van der Waals surface area contributed by atoms with Gasteiger partial charge < -0.3 is 4.90 Å². The predicted molar refractivity (Wildman–Crippen MR) is 115 cm³/mol. The van der Waals surface area contributed by atoms with E-state index in [1.54, 1.807) is 37.6 Å². The molecule has 0 aliphatic heterocycles. The van der Waals surface area contributed by atoms with Crippen LogP contribution >= 0.6 is 0 Å². The summed E-state index contributed by atoms with van der Waals surface area (Å²) in [7, 11) is 3.46. The highest BCUT2D eigenvalue weighted by molar-refractivity contribution is 5.93. The summed E-state index contributed by atoms with van der Waals surface area (Å²) in [5.74, 6) is -0.0820. The highest BCUT2D eigenvalue weighted by Crippen LogP contribution is 2.22. The van der Waals surface area contributed by atoms with Gasteiger partial charge in [-0.2, -0.15) is 0 Å². The number of rotatable bonds is 5. The van der Waals surface area contributed by atoms with Gasteiger partial charge in [0.05, 0.1) is 17.6 Å². The van der Waals surface area contributed by atoms with Crippen LogP contribution in [0.3, 0.4) is 0 Å². The average molecular weight is 400 g/mol. The van der Waals surface area contributed by atoms with E-state index in [0.717, 1.165) is 45.8 Å². The van der Waals surface area contributed by atoms with E-state index in [1.165, 1.54) is 0 Å². The second-order valence-electron chi connectivity index (χ2n) is 7.61. The zero-order valence-electron chi connectivity index (χ0n) is 17.6. The third kappa shape index (κ3) is 3.78. The van der Waals surface area contributed by atoms with E-state index < -0.39 is 0 Å². The topological polar surface area (TPSA) is 76.3 Å². The van der Waals surface area contributed by atoms with Crippen LogP contribution in [0.25, 0.3) is 16.9 Å². The quantitative estimate of drug-likeness (QED) is 0.514. The van der Waals surface area contributed by atoms with Crippen molar-refractivity contribution >= 4 is 11.6 Å². The fraction of sp³-hybridized carbons (Fsp3) is 0.261. The summed E-state index contributed by atoms with van der Waals surface area (Å²) in [6.07, 6.45) is 10.3. The average Bonchev–Trinajstić information content (AvgIpc) is 3.16. The summed E-state index contributed by atoms with van der Waals surface area (Å²) < 4.78 is 1.81. The van der Waals surface area contributed by atoms with E-state index in [0.29, 0.717) is 12.1 Å². The molecule has 30 heavy (non-hydrogen) atoms. The zero-order chi connectivity index (χ0) is 21.3. The molecule has 0 aliphatic carbocycles. The molecule has 0 saturated heterocycles. The minimum Gasteiger partial charge on any atom is -0.343 e. The second kappa shape index (κ2) is 8.02. The largest absolute Gasteiger partial charge is 0.343 e. The van der Waals surface area contributed by atoms with Crippen molar-refractivity contribution in [1.29, 1.82) is 0 Å². The van der Waals surface area contributed by atoms with Gasteiger partial charge >= 0.3 is 0 Å². The molecule has 0 spiro atoms. The van der Waals surface area contributed by atoms with Crippen molar-refractivity contribution in [3.63, 3.8) is 0 Å². The third-order valence-electron chi connectivity index (χ3n) is 5.08. The lowest BCUT2D eigenvalue weighted by molar-refractivity contribution is 0.0821. The van der Waals surface area contributed by atoms with Crippen molar-refractivity contribution in [3.05, 3.63) is 77.4 Å². The van der Waals surface area contributed by atoms with Crippen molar-refractivity contribution in [2.75, 3.05) is 14.1 Å². The standard InChI is InChI=1S/C23H24N6O/c1-15-11-17(13-26-21(15)18-7-8-24-16(2)12-18)5-6-19-22-27-14-20(23(30)28(3)4)29(22)10-9-25-19/h7-14H,5-6H2,1-4H3. The molecular weight excluding hydrogens is 376 g/mol. The van der Waals surface area contributed by atoms with Gasteiger partial charge in [-0.15, -0.1) is 0 Å². The number of hydrogen-bond donors (Lipinski definition) is 0. The molecule has 152 valence electrons. The maximum absolute atomic E-state index is 12.4. The highest BCUT2D eigenvalue weighted by atomic mass is 16.2. The lowest BCUT2D eigenvalue weighted by Gasteiger charge is -2.10. The van der Waals surface area contributed by atoms with Crippen LogP contribution in [0.4, 0.5) is 0 Å². The molecule has 4 heterocycles. The Balaban J connectivity index is 1.56. The van der Waals surface area contributed by atoms with Crippen molar-refractivity contribution in [2.45, 2.75) is 26.7 Å².